The molecule has 2 fully saturated rings. The number of aliphatic hydroxyl groups is 1. The molecular weight excluding hydrogens is 366 g/mol. The van der Waals surface area contributed by atoms with Crippen LogP contribution in [0.3, 0.4) is 0 Å². The Morgan fingerprint density at radius 1 is 1.22 bits per heavy atom. The van der Waals surface area contributed by atoms with Crippen molar-refractivity contribution in [1.29, 1.82) is 0 Å². The van der Waals surface area contributed by atoms with E-state index in [1.165, 1.54) is 25.7 Å². The standard InChI is InChI=1S/C20H27NO5S/c1-12(22)21(27(24,25)26)13-5-6-14-15-7-9-20(2)8-3-4-18(20)16(15)11-19(23)17(14)10-13/h5-6,10,15-16,18-19,23H,3-4,7-9,11H2,1-2H3,(H,24,25,26)/t15-,16-,18+,19+,20+/m1/s1. The molecule has 148 valence electrons. The van der Waals surface area contributed by atoms with Crippen molar-refractivity contribution >= 4 is 21.9 Å². The van der Waals surface area contributed by atoms with Crippen molar-refractivity contribution in [3.05, 3.63) is 29.3 Å². The summed E-state index contributed by atoms with van der Waals surface area (Å²) in [5.74, 6) is 0.653. The number of hydrogen-bond acceptors (Lipinski definition) is 4. The third-order valence-corrected chi connectivity index (χ3v) is 8.22. The summed E-state index contributed by atoms with van der Waals surface area (Å²) in [6, 6.07) is 4.95. The molecule has 0 heterocycles. The highest BCUT2D eigenvalue weighted by molar-refractivity contribution is 7.88. The fourth-order valence-electron chi connectivity index (χ4n) is 6.17. The van der Waals surface area contributed by atoms with Crippen LogP contribution in [0.5, 0.6) is 0 Å². The predicted molar refractivity (Wildman–Crippen MR) is 102 cm³/mol. The Morgan fingerprint density at radius 3 is 2.63 bits per heavy atom. The van der Waals surface area contributed by atoms with Crippen molar-refractivity contribution in [3.8, 4) is 0 Å². The summed E-state index contributed by atoms with van der Waals surface area (Å²) in [5.41, 5.74) is 2.21. The molecule has 0 spiro atoms. The zero-order chi connectivity index (χ0) is 19.6. The van der Waals surface area contributed by atoms with Gasteiger partial charge in [-0.1, -0.05) is 19.4 Å². The lowest BCUT2D eigenvalue weighted by Crippen LogP contribution is -2.40. The first-order valence-electron chi connectivity index (χ1n) is 9.72. The fourth-order valence-corrected chi connectivity index (χ4v) is 6.88. The molecule has 6 nitrogen and oxygen atoms in total. The lowest BCUT2D eigenvalue weighted by Gasteiger charge is -2.50. The Morgan fingerprint density at radius 2 is 1.96 bits per heavy atom. The molecule has 5 atom stereocenters. The van der Waals surface area contributed by atoms with Crippen LogP contribution in [0.15, 0.2) is 18.2 Å². The maximum atomic E-state index is 11.8. The van der Waals surface area contributed by atoms with Gasteiger partial charge in [-0.05, 0) is 78.5 Å². The van der Waals surface area contributed by atoms with Gasteiger partial charge in [-0.15, -0.1) is 0 Å². The van der Waals surface area contributed by atoms with E-state index in [4.69, 9.17) is 0 Å². The molecule has 3 aliphatic rings. The minimum atomic E-state index is -4.70. The Balaban J connectivity index is 1.74. The van der Waals surface area contributed by atoms with E-state index in [9.17, 15) is 22.9 Å². The average Bonchev–Trinajstić information content (AvgIpc) is 2.96. The number of anilines is 1. The van der Waals surface area contributed by atoms with Gasteiger partial charge in [0.25, 0.3) is 0 Å². The molecule has 1 amide bonds. The van der Waals surface area contributed by atoms with Gasteiger partial charge in [-0.3, -0.25) is 9.35 Å². The predicted octanol–water partition coefficient (Wildman–Crippen LogP) is 3.58. The first kappa shape index (κ1) is 18.9. The van der Waals surface area contributed by atoms with Crippen LogP contribution in [0.1, 0.15) is 75.5 Å². The maximum absolute atomic E-state index is 11.8. The van der Waals surface area contributed by atoms with Gasteiger partial charge in [0, 0.05) is 6.92 Å². The van der Waals surface area contributed by atoms with Gasteiger partial charge in [-0.25, -0.2) is 0 Å². The van der Waals surface area contributed by atoms with Crippen LogP contribution >= 0.6 is 0 Å². The quantitative estimate of drug-likeness (QED) is 0.749. The molecule has 2 N–H and O–H groups in total. The van der Waals surface area contributed by atoms with Crippen molar-refractivity contribution in [1.82, 2.24) is 0 Å². The minimum absolute atomic E-state index is 0.0720. The summed E-state index contributed by atoms with van der Waals surface area (Å²) in [7, 11) is -4.70. The summed E-state index contributed by atoms with van der Waals surface area (Å²) in [4.78, 5) is 11.8. The Hall–Kier alpha value is -1.44. The molecule has 0 saturated heterocycles. The molecule has 27 heavy (non-hydrogen) atoms. The number of carbonyl (C=O) groups excluding carboxylic acids is 1. The first-order chi connectivity index (χ1) is 12.6. The number of fused-ring (bicyclic) bond motifs is 5. The Kier molecular flexibility index (Phi) is 4.40. The Labute approximate surface area is 160 Å². The minimum Gasteiger partial charge on any atom is -0.388 e. The lowest BCUT2D eigenvalue weighted by atomic mass is 9.55. The van der Waals surface area contributed by atoms with E-state index in [0.717, 1.165) is 18.9 Å². The zero-order valence-corrected chi connectivity index (χ0v) is 16.6. The van der Waals surface area contributed by atoms with E-state index >= 15 is 0 Å². The lowest BCUT2D eigenvalue weighted by molar-refractivity contribution is -0.115. The van der Waals surface area contributed by atoms with Crippen molar-refractivity contribution in [3.63, 3.8) is 0 Å². The summed E-state index contributed by atoms with van der Waals surface area (Å²) in [6.45, 7) is 3.48. The molecule has 4 rings (SSSR count). The van der Waals surface area contributed by atoms with E-state index in [0.29, 0.717) is 39.5 Å². The number of benzene rings is 1. The van der Waals surface area contributed by atoms with Gasteiger partial charge in [0.05, 0.1) is 11.8 Å². The molecule has 0 radical (unpaired) electrons. The highest BCUT2D eigenvalue weighted by atomic mass is 32.2. The summed E-state index contributed by atoms with van der Waals surface area (Å²) in [5, 5.41) is 10.8. The van der Waals surface area contributed by atoms with Crippen molar-refractivity contribution in [2.75, 3.05) is 4.31 Å². The molecule has 0 aliphatic heterocycles. The largest absolute Gasteiger partial charge is 0.388 e. The molecule has 0 bridgehead atoms. The van der Waals surface area contributed by atoms with Crippen LogP contribution < -0.4 is 4.31 Å². The van der Waals surface area contributed by atoms with E-state index in [2.05, 4.69) is 6.92 Å². The van der Waals surface area contributed by atoms with Gasteiger partial charge in [0.1, 0.15) is 0 Å². The van der Waals surface area contributed by atoms with Gasteiger partial charge in [-0.2, -0.15) is 12.7 Å². The monoisotopic (exact) mass is 393 g/mol. The smallest absolute Gasteiger partial charge is 0.366 e. The Bertz CT molecular complexity index is 882. The fraction of sp³-hybridized carbons (Fsp3) is 0.650. The molecular formula is C20H27NO5S. The topological polar surface area (TPSA) is 94.9 Å². The normalized spacial score (nSPS) is 35.1. The third kappa shape index (κ3) is 3.00. The SMILES string of the molecule is CC(=O)N(c1ccc2c(c1)[C@@H](O)C[C@@H]1[C@@H]2CC[C@]2(C)CCC[C@@H]12)S(=O)(=O)O. The number of hydrogen-bond donors (Lipinski definition) is 2. The van der Waals surface area contributed by atoms with Crippen molar-refractivity contribution in [2.45, 2.75) is 64.4 Å². The van der Waals surface area contributed by atoms with Crippen LogP contribution in [-0.4, -0.2) is 24.0 Å². The highest BCUT2D eigenvalue weighted by Crippen LogP contribution is 2.62. The number of amides is 1. The maximum Gasteiger partial charge on any atom is 0.366 e. The molecule has 0 aromatic heterocycles. The molecule has 2 saturated carbocycles. The second-order valence-electron chi connectivity index (χ2n) is 8.79. The summed E-state index contributed by atoms with van der Waals surface area (Å²) >= 11 is 0. The van der Waals surface area contributed by atoms with Gasteiger partial charge >= 0.3 is 10.3 Å². The summed E-state index contributed by atoms with van der Waals surface area (Å²) < 4.78 is 33.0. The zero-order valence-electron chi connectivity index (χ0n) is 15.8. The molecule has 1 aromatic carbocycles. The number of nitrogens with zero attached hydrogens (tertiary/aromatic N) is 1. The number of rotatable bonds is 2. The van der Waals surface area contributed by atoms with Crippen LogP contribution in [0.4, 0.5) is 5.69 Å². The second-order valence-corrected chi connectivity index (χ2v) is 10.0. The van der Waals surface area contributed by atoms with E-state index in [1.807, 2.05) is 6.07 Å². The molecule has 1 aromatic rings. The highest BCUT2D eigenvalue weighted by Gasteiger charge is 2.51. The van der Waals surface area contributed by atoms with Gasteiger partial charge in [0.2, 0.25) is 5.91 Å². The van der Waals surface area contributed by atoms with Gasteiger partial charge < -0.3 is 5.11 Å². The average molecular weight is 394 g/mol. The number of carbonyl (C=O) groups is 1. The molecule has 3 aliphatic carbocycles. The number of aliphatic hydroxyl groups excluding tert-OH is 1. The van der Waals surface area contributed by atoms with Gasteiger partial charge in [0.15, 0.2) is 0 Å². The van der Waals surface area contributed by atoms with Crippen molar-refractivity contribution in [2.24, 2.45) is 17.3 Å². The van der Waals surface area contributed by atoms with Crippen LogP contribution in [0.2, 0.25) is 0 Å². The third-order valence-electron chi connectivity index (χ3n) is 7.29. The van der Waals surface area contributed by atoms with E-state index < -0.39 is 22.3 Å². The first-order valence-corrected chi connectivity index (χ1v) is 11.1. The van der Waals surface area contributed by atoms with Crippen LogP contribution in [-0.2, 0) is 15.1 Å². The van der Waals surface area contributed by atoms with Crippen LogP contribution in [0.25, 0.3) is 0 Å². The van der Waals surface area contributed by atoms with E-state index in [-0.39, 0.29) is 5.69 Å². The second kappa shape index (κ2) is 6.29. The van der Waals surface area contributed by atoms with Crippen molar-refractivity contribution < 1.29 is 22.9 Å². The molecule has 0 unspecified atom stereocenters. The summed E-state index contributed by atoms with van der Waals surface area (Å²) in [6.07, 6.45) is 6.00. The molecule has 7 heteroatoms. The van der Waals surface area contributed by atoms with E-state index in [1.54, 1.807) is 12.1 Å². The van der Waals surface area contributed by atoms with Crippen LogP contribution in [0, 0.1) is 17.3 Å².